The van der Waals surface area contributed by atoms with Crippen LogP contribution in [0.2, 0.25) is 0 Å². The summed E-state index contributed by atoms with van der Waals surface area (Å²) in [6, 6.07) is 0.146. The van der Waals surface area contributed by atoms with Crippen molar-refractivity contribution in [3.8, 4) is 0 Å². The van der Waals surface area contributed by atoms with E-state index in [1.54, 1.807) is 0 Å². The molecular formula is C10H16N2O. The Morgan fingerprint density at radius 2 is 2.31 bits per heavy atom. The first-order chi connectivity index (χ1) is 6.20. The van der Waals surface area contributed by atoms with Gasteiger partial charge in [-0.2, -0.15) is 0 Å². The van der Waals surface area contributed by atoms with Gasteiger partial charge in [-0.15, -0.1) is 0 Å². The zero-order chi connectivity index (χ0) is 9.42. The molecule has 3 heteroatoms. The minimum absolute atomic E-state index is 0.146. The zero-order valence-corrected chi connectivity index (χ0v) is 8.21. The molecule has 0 aliphatic heterocycles. The lowest BCUT2D eigenvalue weighted by Crippen LogP contribution is -2.17. The lowest BCUT2D eigenvalue weighted by Gasteiger charge is -2.18. The fraction of sp³-hybridized carbons (Fsp3) is 0.700. The van der Waals surface area contributed by atoms with E-state index in [2.05, 4.69) is 19.0 Å². The highest BCUT2D eigenvalue weighted by Crippen LogP contribution is 2.33. The first-order valence-corrected chi connectivity index (χ1v) is 4.94. The van der Waals surface area contributed by atoms with Crippen LogP contribution in [-0.2, 0) is 6.42 Å². The van der Waals surface area contributed by atoms with Gasteiger partial charge in [-0.25, -0.2) is 0 Å². The topological polar surface area (TPSA) is 52.0 Å². The summed E-state index contributed by atoms with van der Waals surface area (Å²) in [6.07, 6.45) is 3.19. The summed E-state index contributed by atoms with van der Waals surface area (Å²) in [5, 5.41) is 4.09. The summed E-state index contributed by atoms with van der Waals surface area (Å²) in [5.74, 6) is 1.43. The van der Waals surface area contributed by atoms with Crippen molar-refractivity contribution in [3.05, 3.63) is 17.0 Å². The Morgan fingerprint density at radius 3 is 3.00 bits per heavy atom. The second kappa shape index (κ2) is 3.14. The largest absolute Gasteiger partial charge is 0.361 e. The maximum absolute atomic E-state index is 6.03. The van der Waals surface area contributed by atoms with Crippen molar-refractivity contribution in [2.75, 3.05) is 0 Å². The van der Waals surface area contributed by atoms with Gasteiger partial charge in [-0.1, -0.05) is 19.0 Å². The molecule has 0 radical (unpaired) electrons. The maximum Gasteiger partial charge on any atom is 0.141 e. The maximum atomic E-state index is 6.03. The lowest BCUT2D eigenvalue weighted by molar-refractivity contribution is 0.361. The fourth-order valence-electron chi connectivity index (χ4n) is 1.97. The van der Waals surface area contributed by atoms with Gasteiger partial charge >= 0.3 is 0 Å². The van der Waals surface area contributed by atoms with E-state index in [1.807, 2.05) is 0 Å². The van der Waals surface area contributed by atoms with E-state index in [1.165, 1.54) is 5.56 Å². The van der Waals surface area contributed by atoms with E-state index >= 15 is 0 Å². The summed E-state index contributed by atoms with van der Waals surface area (Å²) in [5.41, 5.74) is 8.27. The van der Waals surface area contributed by atoms with E-state index in [0.29, 0.717) is 5.92 Å². The van der Waals surface area contributed by atoms with E-state index < -0.39 is 0 Å². The highest BCUT2D eigenvalue weighted by atomic mass is 16.5. The van der Waals surface area contributed by atoms with Gasteiger partial charge in [0.05, 0.1) is 5.69 Å². The van der Waals surface area contributed by atoms with Crippen molar-refractivity contribution in [2.45, 2.75) is 45.1 Å². The van der Waals surface area contributed by atoms with E-state index in [0.717, 1.165) is 30.7 Å². The van der Waals surface area contributed by atoms with Crippen molar-refractivity contribution in [2.24, 2.45) is 5.73 Å². The Morgan fingerprint density at radius 1 is 1.54 bits per heavy atom. The molecule has 1 aliphatic carbocycles. The number of aromatic nitrogens is 1. The summed E-state index contributed by atoms with van der Waals surface area (Å²) < 4.78 is 5.29. The molecule has 0 saturated heterocycles. The molecule has 0 spiro atoms. The molecule has 2 rings (SSSR count). The smallest absolute Gasteiger partial charge is 0.141 e. The molecule has 1 heterocycles. The zero-order valence-electron chi connectivity index (χ0n) is 8.21. The molecule has 0 bridgehead atoms. The average Bonchev–Trinajstić information content (AvgIpc) is 2.49. The molecule has 0 fully saturated rings. The van der Waals surface area contributed by atoms with Crippen LogP contribution in [0.15, 0.2) is 4.52 Å². The van der Waals surface area contributed by atoms with Crippen LogP contribution in [0.25, 0.3) is 0 Å². The molecule has 1 aromatic rings. The molecule has 3 nitrogen and oxygen atoms in total. The van der Waals surface area contributed by atoms with Crippen molar-refractivity contribution in [3.63, 3.8) is 0 Å². The highest BCUT2D eigenvalue weighted by Gasteiger charge is 2.26. The molecule has 2 N–H and O–H groups in total. The quantitative estimate of drug-likeness (QED) is 0.720. The third-order valence-corrected chi connectivity index (χ3v) is 2.67. The van der Waals surface area contributed by atoms with Gasteiger partial charge in [-0.05, 0) is 18.8 Å². The molecule has 1 unspecified atom stereocenters. The van der Waals surface area contributed by atoms with Gasteiger partial charge in [0, 0.05) is 18.0 Å². The van der Waals surface area contributed by atoms with Crippen molar-refractivity contribution in [1.82, 2.24) is 5.16 Å². The second-order valence-corrected chi connectivity index (χ2v) is 4.06. The number of nitrogens with two attached hydrogens (primary N) is 1. The van der Waals surface area contributed by atoms with Crippen LogP contribution < -0.4 is 5.73 Å². The predicted octanol–water partition coefficient (Wildman–Crippen LogP) is 2.13. The van der Waals surface area contributed by atoms with Crippen LogP contribution in [0, 0.1) is 0 Å². The van der Waals surface area contributed by atoms with Gasteiger partial charge in [0.2, 0.25) is 0 Å². The number of fused-ring (bicyclic) bond motifs is 1. The Labute approximate surface area is 78.3 Å². The monoisotopic (exact) mass is 180 g/mol. The minimum Gasteiger partial charge on any atom is -0.361 e. The molecule has 0 aromatic carbocycles. The Kier molecular flexibility index (Phi) is 2.12. The third kappa shape index (κ3) is 1.37. The van der Waals surface area contributed by atoms with Crippen molar-refractivity contribution >= 4 is 0 Å². The molecule has 1 aliphatic rings. The summed E-state index contributed by atoms with van der Waals surface area (Å²) >= 11 is 0. The summed E-state index contributed by atoms with van der Waals surface area (Å²) in [6.45, 7) is 4.25. The van der Waals surface area contributed by atoms with Gasteiger partial charge in [-0.3, -0.25) is 0 Å². The van der Waals surface area contributed by atoms with Gasteiger partial charge in [0.25, 0.3) is 0 Å². The van der Waals surface area contributed by atoms with Crippen LogP contribution in [-0.4, -0.2) is 5.16 Å². The summed E-state index contributed by atoms with van der Waals surface area (Å²) in [7, 11) is 0. The second-order valence-electron chi connectivity index (χ2n) is 4.06. The van der Waals surface area contributed by atoms with E-state index in [4.69, 9.17) is 10.3 Å². The lowest BCUT2D eigenvalue weighted by atomic mass is 9.89. The van der Waals surface area contributed by atoms with E-state index in [-0.39, 0.29) is 6.04 Å². The molecule has 1 atom stereocenters. The first kappa shape index (κ1) is 8.75. The molecule has 72 valence electrons. The van der Waals surface area contributed by atoms with Crippen LogP contribution >= 0.6 is 0 Å². The van der Waals surface area contributed by atoms with Crippen molar-refractivity contribution in [1.29, 1.82) is 0 Å². The molecule has 0 saturated carbocycles. The van der Waals surface area contributed by atoms with Crippen LogP contribution in [0.3, 0.4) is 0 Å². The third-order valence-electron chi connectivity index (χ3n) is 2.67. The average molecular weight is 180 g/mol. The molecule has 1 aromatic heterocycles. The Hall–Kier alpha value is -0.830. The van der Waals surface area contributed by atoms with Gasteiger partial charge in [0.15, 0.2) is 0 Å². The van der Waals surface area contributed by atoms with Crippen LogP contribution in [0.5, 0.6) is 0 Å². The Bertz CT molecular complexity index is 304. The number of rotatable bonds is 1. The number of hydrogen-bond acceptors (Lipinski definition) is 3. The normalized spacial score (nSPS) is 22.0. The van der Waals surface area contributed by atoms with Crippen LogP contribution in [0.1, 0.15) is 55.7 Å². The van der Waals surface area contributed by atoms with Gasteiger partial charge in [0.1, 0.15) is 5.76 Å². The van der Waals surface area contributed by atoms with Gasteiger partial charge < -0.3 is 10.3 Å². The predicted molar refractivity (Wildman–Crippen MR) is 50.5 cm³/mol. The highest BCUT2D eigenvalue weighted by molar-refractivity contribution is 5.30. The number of aryl methyl sites for hydroxylation is 1. The fourth-order valence-corrected chi connectivity index (χ4v) is 1.97. The van der Waals surface area contributed by atoms with Crippen molar-refractivity contribution < 1.29 is 4.52 Å². The SMILES string of the molecule is CC(C)c1noc2c1C(N)CCC2. The standard InChI is InChI=1S/C10H16N2O/c1-6(2)10-9-7(11)4-3-5-8(9)13-12-10/h6-7H,3-5,11H2,1-2H3. The van der Waals surface area contributed by atoms with E-state index in [9.17, 15) is 0 Å². The molecular weight excluding hydrogens is 164 g/mol. The Balaban J connectivity index is 2.44. The number of hydrogen-bond donors (Lipinski definition) is 1. The number of nitrogens with zero attached hydrogens (tertiary/aromatic N) is 1. The first-order valence-electron chi connectivity index (χ1n) is 4.94. The molecule has 0 amide bonds. The summed E-state index contributed by atoms with van der Waals surface area (Å²) in [4.78, 5) is 0. The molecule has 13 heavy (non-hydrogen) atoms. The van der Waals surface area contributed by atoms with Crippen LogP contribution in [0.4, 0.5) is 0 Å². The minimum atomic E-state index is 0.146.